The standard InChI is InChI=1S/C13H19BrN4O/c1-3-5-17-6-4-7-18(9-8-17)13(19)12-11(14)10-16(2)15-12/h3,10H,1,4-9H2,2H3. The van der Waals surface area contributed by atoms with Crippen LogP contribution in [0.5, 0.6) is 0 Å². The van der Waals surface area contributed by atoms with Crippen LogP contribution in [0.15, 0.2) is 23.3 Å². The summed E-state index contributed by atoms with van der Waals surface area (Å²) in [5.74, 6) is 0.00734. The summed E-state index contributed by atoms with van der Waals surface area (Å²) in [5, 5.41) is 4.22. The summed E-state index contributed by atoms with van der Waals surface area (Å²) in [7, 11) is 1.82. The first-order valence-corrected chi connectivity index (χ1v) is 7.23. The monoisotopic (exact) mass is 326 g/mol. The summed E-state index contributed by atoms with van der Waals surface area (Å²) in [6.07, 6.45) is 4.70. The van der Waals surface area contributed by atoms with Gasteiger partial charge in [0.2, 0.25) is 0 Å². The molecule has 0 saturated carbocycles. The van der Waals surface area contributed by atoms with Gasteiger partial charge < -0.3 is 4.90 Å². The molecule has 0 bridgehead atoms. The Labute approximate surface area is 122 Å². The number of hydrogen-bond acceptors (Lipinski definition) is 3. The summed E-state index contributed by atoms with van der Waals surface area (Å²) >= 11 is 3.39. The molecule has 1 aliphatic rings. The van der Waals surface area contributed by atoms with Gasteiger partial charge in [0.05, 0.1) is 4.47 Å². The average Bonchev–Trinajstić information content (AvgIpc) is 2.59. The van der Waals surface area contributed by atoms with E-state index >= 15 is 0 Å². The molecule has 0 unspecified atom stereocenters. The van der Waals surface area contributed by atoms with Gasteiger partial charge in [0.1, 0.15) is 0 Å². The minimum absolute atomic E-state index is 0.00734. The number of aromatic nitrogens is 2. The van der Waals surface area contributed by atoms with Crippen molar-refractivity contribution in [2.45, 2.75) is 6.42 Å². The molecule has 0 radical (unpaired) electrons. The van der Waals surface area contributed by atoms with Gasteiger partial charge in [-0.05, 0) is 22.4 Å². The van der Waals surface area contributed by atoms with Crippen LogP contribution >= 0.6 is 15.9 Å². The van der Waals surface area contributed by atoms with Crippen LogP contribution in [0.1, 0.15) is 16.9 Å². The van der Waals surface area contributed by atoms with Crippen LogP contribution in [0.2, 0.25) is 0 Å². The number of nitrogens with zero attached hydrogens (tertiary/aromatic N) is 4. The van der Waals surface area contributed by atoms with Crippen molar-refractivity contribution >= 4 is 21.8 Å². The second-order valence-corrected chi connectivity index (χ2v) is 5.59. The molecule has 1 fully saturated rings. The number of aryl methyl sites for hydroxylation is 1. The zero-order chi connectivity index (χ0) is 13.8. The summed E-state index contributed by atoms with van der Waals surface area (Å²) in [4.78, 5) is 16.6. The summed E-state index contributed by atoms with van der Waals surface area (Å²) < 4.78 is 2.41. The molecule has 1 saturated heterocycles. The minimum Gasteiger partial charge on any atom is -0.336 e. The van der Waals surface area contributed by atoms with Crippen molar-refractivity contribution in [3.63, 3.8) is 0 Å². The molecule has 0 N–H and O–H groups in total. The zero-order valence-electron chi connectivity index (χ0n) is 11.2. The minimum atomic E-state index is 0.00734. The second kappa shape index (κ2) is 6.34. The highest BCUT2D eigenvalue weighted by molar-refractivity contribution is 9.10. The first-order valence-electron chi connectivity index (χ1n) is 6.43. The van der Waals surface area contributed by atoms with Crippen LogP contribution in [-0.4, -0.2) is 58.2 Å². The van der Waals surface area contributed by atoms with Gasteiger partial charge in [-0.2, -0.15) is 5.10 Å². The lowest BCUT2D eigenvalue weighted by Gasteiger charge is -2.20. The van der Waals surface area contributed by atoms with Gasteiger partial charge in [-0.25, -0.2) is 0 Å². The molecule has 1 aromatic heterocycles. The van der Waals surface area contributed by atoms with Crippen molar-refractivity contribution in [1.29, 1.82) is 0 Å². The van der Waals surface area contributed by atoms with E-state index in [1.54, 1.807) is 10.9 Å². The lowest BCUT2D eigenvalue weighted by Crippen LogP contribution is -2.35. The van der Waals surface area contributed by atoms with E-state index in [1.807, 2.05) is 18.0 Å². The molecule has 0 aromatic carbocycles. The molecule has 1 amide bonds. The van der Waals surface area contributed by atoms with Crippen LogP contribution in [0.4, 0.5) is 0 Å². The molecule has 6 heteroatoms. The third-order valence-corrected chi connectivity index (χ3v) is 3.83. The molecule has 0 spiro atoms. The normalized spacial score (nSPS) is 17.3. The third kappa shape index (κ3) is 3.45. The van der Waals surface area contributed by atoms with Crippen molar-refractivity contribution in [3.05, 3.63) is 29.0 Å². The number of carbonyl (C=O) groups excluding carboxylic acids is 1. The third-order valence-electron chi connectivity index (χ3n) is 3.25. The molecule has 19 heavy (non-hydrogen) atoms. The lowest BCUT2D eigenvalue weighted by atomic mass is 10.3. The van der Waals surface area contributed by atoms with Crippen molar-refractivity contribution < 1.29 is 4.79 Å². The summed E-state index contributed by atoms with van der Waals surface area (Å²) in [6.45, 7) is 8.08. The number of rotatable bonds is 3. The second-order valence-electron chi connectivity index (χ2n) is 4.73. The topological polar surface area (TPSA) is 41.4 Å². The molecular weight excluding hydrogens is 308 g/mol. The Morgan fingerprint density at radius 3 is 2.89 bits per heavy atom. The smallest absolute Gasteiger partial charge is 0.275 e. The number of hydrogen-bond donors (Lipinski definition) is 0. The Kier molecular flexibility index (Phi) is 4.76. The molecule has 1 aliphatic heterocycles. The van der Waals surface area contributed by atoms with Crippen LogP contribution in [-0.2, 0) is 7.05 Å². The van der Waals surface area contributed by atoms with Gasteiger partial charge in [-0.1, -0.05) is 6.08 Å². The van der Waals surface area contributed by atoms with E-state index < -0.39 is 0 Å². The highest BCUT2D eigenvalue weighted by Crippen LogP contribution is 2.17. The van der Waals surface area contributed by atoms with Crippen molar-refractivity contribution in [1.82, 2.24) is 19.6 Å². The van der Waals surface area contributed by atoms with E-state index in [2.05, 4.69) is 32.5 Å². The van der Waals surface area contributed by atoms with Crippen molar-refractivity contribution in [2.24, 2.45) is 7.05 Å². The Hall–Kier alpha value is -1.14. The van der Waals surface area contributed by atoms with E-state index in [-0.39, 0.29) is 5.91 Å². The van der Waals surface area contributed by atoms with E-state index in [0.29, 0.717) is 5.69 Å². The van der Waals surface area contributed by atoms with Gasteiger partial charge in [0.15, 0.2) is 5.69 Å². The molecular formula is C13H19BrN4O. The highest BCUT2D eigenvalue weighted by atomic mass is 79.9. The predicted octanol–water partition coefficient (Wildman–Crippen LogP) is 1.52. The fourth-order valence-corrected chi connectivity index (χ4v) is 2.84. The SMILES string of the molecule is C=CCN1CCCN(C(=O)c2nn(C)cc2Br)CC1. The molecule has 2 rings (SSSR count). The average molecular weight is 327 g/mol. The summed E-state index contributed by atoms with van der Waals surface area (Å²) in [5.41, 5.74) is 0.500. The van der Waals surface area contributed by atoms with Crippen molar-refractivity contribution in [3.8, 4) is 0 Å². The molecule has 0 aliphatic carbocycles. The summed E-state index contributed by atoms with van der Waals surface area (Å²) in [6, 6.07) is 0. The van der Waals surface area contributed by atoms with Crippen LogP contribution in [0.25, 0.3) is 0 Å². The highest BCUT2D eigenvalue weighted by Gasteiger charge is 2.23. The lowest BCUT2D eigenvalue weighted by molar-refractivity contribution is 0.0754. The Morgan fingerprint density at radius 2 is 2.26 bits per heavy atom. The Balaban J connectivity index is 2.04. The maximum atomic E-state index is 12.4. The number of amides is 1. The molecule has 0 atom stereocenters. The molecule has 5 nitrogen and oxygen atoms in total. The van der Waals surface area contributed by atoms with E-state index in [4.69, 9.17) is 0 Å². The van der Waals surface area contributed by atoms with Gasteiger partial charge in [0, 0.05) is 46.0 Å². The van der Waals surface area contributed by atoms with Gasteiger partial charge in [0.25, 0.3) is 5.91 Å². The fraction of sp³-hybridized carbons (Fsp3) is 0.538. The van der Waals surface area contributed by atoms with Crippen LogP contribution in [0.3, 0.4) is 0 Å². The Bertz CT molecular complexity index is 471. The van der Waals surface area contributed by atoms with Crippen LogP contribution in [0, 0.1) is 0 Å². The fourth-order valence-electron chi connectivity index (χ4n) is 2.29. The Morgan fingerprint density at radius 1 is 1.47 bits per heavy atom. The van der Waals surface area contributed by atoms with Gasteiger partial charge in [-0.15, -0.1) is 6.58 Å². The predicted molar refractivity (Wildman–Crippen MR) is 78.1 cm³/mol. The number of carbonyl (C=O) groups is 1. The molecule has 1 aromatic rings. The van der Waals surface area contributed by atoms with Crippen molar-refractivity contribution in [2.75, 3.05) is 32.7 Å². The number of halogens is 1. The van der Waals surface area contributed by atoms with Gasteiger partial charge in [-0.3, -0.25) is 14.4 Å². The zero-order valence-corrected chi connectivity index (χ0v) is 12.8. The van der Waals surface area contributed by atoms with Gasteiger partial charge >= 0.3 is 0 Å². The molecule has 2 heterocycles. The van der Waals surface area contributed by atoms with E-state index in [0.717, 1.165) is 43.6 Å². The first-order chi connectivity index (χ1) is 9.11. The quantitative estimate of drug-likeness (QED) is 0.791. The maximum Gasteiger partial charge on any atom is 0.275 e. The molecule has 104 valence electrons. The van der Waals surface area contributed by atoms with Crippen LogP contribution < -0.4 is 0 Å². The first kappa shape index (κ1) is 14.3. The largest absolute Gasteiger partial charge is 0.336 e. The van der Waals surface area contributed by atoms with E-state index in [1.165, 1.54) is 0 Å². The van der Waals surface area contributed by atoms with E-state index in [9.17, 15) is 4.79 Å². The maximum absolute atomic E-state index is 12.4.